The number of ether oxygens (including phenoxy) is 3. The second-order valence-corrected chi connectivity index (χ2v) is 9.55. The monoisotopic (exact) mass is 475 g/mol. The summed E-state index contributed by atoms with van der Waals surface area (Å²) >= 11 is 0. The van der Waals surface area contributed by atoms with E-state index in [9.17, 15) is 0 Å². The number of anilines is 1. The maximum Gasteiger partial charge on any atom is 0.151 e. The van der Waals surface area contributed by atoms with Gasteiger partial charge in [-0.05, 0) is 36.9 Å². The standard InChI is InChI=1S/C27H33N5O3/c1-29-7-9-31(10-8-29)22-4-5-23(25(16-22)33-2)20-3-6-24-26(15-20)35-19-27-28-21(18-32(24)27)17-30-11-13-34-14-12-30/h3-6,15-16,18H,7-14,17,19H2,1-2H3. The molecule has 2 fully saturated rings. The Morgan fingerprint density at radius 1 is 0.971 bits per heavy atom. The lowest BCUT2D eigenvalue weighted by Gasteiger charge is -2.34. The van der Waals surface area contributed by atoms with E-state index in [1.807, 2.05) is 0 Å². The van der Waals surface area contributed by atoms with Crippen LogP contribution in [0.15, 0.2) is 42.6 Å². The lowest BCUT2D eigenvalue weighted by atomic mass is 10.0. The lowest BCUT2D eigenvalue weighted by molar-refractivity contribution is 0.0337. The first-order chi connectivity index (χ1) is 17.2. The third kappa shape index (κ3) is 4.49. The summed E-state index contributed by atoms with van der Waals surface area (Å²) in [4.78, 5) is 12.0. The molecule has 2 aromatic carbocycles. The Labute approximate surface area is 206 Å². The second-order valence-electron chi connectivity index (χ2n) is 9.55. The molecule has 3 aliphatic rings. The van der Waals surface area contributed by atoms with Crippen molar-refractivity contribution < 1.29 is 14.2 Å². The van der Waals surface area contributed by atoms with Gasteiger partial charge >= 0.3 is 0 Å². The average Bonchev–Trinajstić information content (AvgIpc) is 3.32. The van der Waals surface area contributed by atoms with Crippen molar-refractivity contribution in [2.75, 3.05) is 71.5 Å². The van der Waals surface area contributed by atoms with E-state index in [-0.39, 0.29) is 0 Å². The Hall–Kier alpha value is -3.07. The molecule has 8 nitrogen and oxygen atoms in total. The van der Waals surface area contributed by atoms with Gasteiger partial charge in [0.2, 0.25) is 0 Å². The summed E-state index contributed by atoms with van der Waals surface area (Å²) in [5, 5.41) is 0. The molecular weight excluding hydrogens is 442 g/mol. The van der Waals surface area contributed by atoms with Crippen molar-refractivity contribution in [3.63, 3.8) is 0 Å². The molecule has 184 valence electrons. The molecule has 35 heavy (non-hydrogen) atoms. The predicted octanol–water partition coefficient (Wildman–Crippen LogP) is 3.02. The number of piperazine rings is 1. The van der Waals surface area contributed by atoms with Gasteiger partial charge in [0.05, 0.1) is 31.7 Å². The Morgan fingerprint density at radius 2 is 1.80 bits per heavy atom. The van der Waals surface area contributed by atoms with Gasteiger partial charge in [0.25, 0.3) is 0 Å². The maximum atomic E-state index is 6.15. The smallest absolute Gasteiger partial charge is 0.151 e. The molecule has 1 aromatic heterocycles. The number of hydrogen-bond acceptors (Lipinski definition) is 7. The molecule has 0 saturated carbocycles. The van der Waals surface area contributed by atoms with Crippen molar-refractivity contribution in [2.24, 2.45) is 0 Å². The van der Waals surface area contributed by atoms with Gasteiger partial charge in [-0.2, -0.15) is 0 Å². The minimum atomic E-state index is 0.471. The first kappa shape index (κ1) is 22.4. The van der Waals surface area contributed by atoms with Gasteiger partial charge in [0, 0.05) is 69.3 Å². The Balaban J connectivity index is 1.25. The van der Waals surface area contributed by atoms with Crippen LogP contribution in [0.2, 0.25) is 0 Å². The number of aromatic nitrogens is 2. The summed E-state index contributed by atoms with van der Waals surface area (Å²) in [5.41, 5.74) is 5.47. The molecule has 0 unspecified atom stereocenters. The van der Waals surface area contributed by atoms with Gasteiger partial charge in [-0.15, -0.1) is 0 Å². The first-order valence-electron chi connectivity index (χ1n) is 12.4. The van der Waals surface area contributed by atoms with Crippen molar-refractivity contribution in [2.45, 2.75) is 13.2 Å². The highest BCUT2D eigenvalue weighted by atomic mass is 16.5. The van der Waals surface area contributed by atoms with Gasteiger partial charge in [-0.25, -0.2) is 4.98 Å². The van der Waals surface area contributed by atoms with Crippen molar-refractivity contribution >= 4 is 5.69 Å². The summed E-state index contributed by atoms with van der Waals surface area (Å²) in [6.45, 7) is 9.03. The minimum absolute atomic E-state index is 0.471. The van der Waals surface area contributed by atoms with Crippen molar-refractivity contribution in [3.05, 3.63) is 54.1 Å². The van der Waals surface area contributed by atoms with E-state index in [1.165, 1.54) is 5.69 Å². The number of likely N-dealkylation sites (N-methyl/N-ethyl adjacent to an activating group) is 1. The van der Waals surface area contributed by atoms with Crippen molar-refractivity contribution in [3.8, 4) is 28.3 Å². The fraction of sp³-hybridized carbons (Fsp3) is 0.444. The van der Waals surface area contributed by atoms with E-state index in [0.717, 1.165) is 98.9 Å². The topological polar surface area (TPSA) is 55.2 Å². The van der Waals surface area contributed by atoms with E-state index in [1.54, 1.807) is 7.11 Å². The highest BCUT2D eigenvalue weighted by Gasteiger charge is 2.22. The normalized spacial score (nSPS) is 18.6. The quantitative estimate of drug-likeness (QED) is 0.562. The fourth-order valence-electron chi connectivity index (χ4n) is 5.17. The van der Waals surface area contributed by atoms with Crippen LogP contribution in [0.25, 0.3) is 16.8 Å². The van der Waals surface area contributed by atoms with E-state index in [0.29, 0.717) is 6.61 Å². The molecule has 0 spiro atoms. The molecule has 3 aromatic rings. The first-order valence-corrected chi connectivity index (χ1v) is 12.4. The van der Waals surface area contributed by atoms with Crippen LogP contribution in [0, 0.1) is 0 Å². The zero-order chi connectivity index (χ0) is 23.8. The largest absolute Gasteiger partial charge is 0.496 e. The summed E-state index contributed by atoms with van der Waals surface area (Å²) < 4.78 is 19.6. The van der Waals surface area contributed by atoms with Gasteiger partial charge in [0.1, 0.15) is 18.1 Å². The molecule has 0 amide bonds. The minimum Gasteiger partial charge on any atom is -0.496 e. The summed E-state index contributed by atoms with van der Waals surface area (Å²) in [6.07, 6.45) is 2.15. The molecule has 4 heterocycles. The molecule has 0 bridgehead atoms. The van der Waals surface area contributed by atoms with Crippen LogP contribution in [0.5, 0.6) is 11.5 Å². The fourth-order valence-corrected chi connectivity index (χ4v) is 5.17. The summed E-state index contributed by atoms with van der Waals surface area (Å²) in [7, 11) is 3.92. The predicted molar refractivity (Wildman–Crippen MR) is 136 cm³/mol. The number of rotatable bonds is 5. The average molecular weight is 476 g/mol. The molecule has 0 radical (unpaired) electrons. The van der Waals surface area contributed by atoms with E-state index < -0.39 is 0 Å². The van der Waals surface area contributed by atoms with Gasteiger partial charge in [-0.1, -0.05) is 6.07 Å². The molecule has 6 rings (SSSR count). The van der Waals surface area contributed by atoms with Crippen molar-refractivity contribution in [1.82, 2.24) is 19.4 Å². The number of methoxy groups -OCH3 is 1. The summed E-state index contributed by atoms with van der Waals surface area (Å²) in [5.74, 6) is 2.70. The van der Waals surface area contributed by atoms with Crippen LogP contribution in [0.1, 0.15) is 11.5 Å². The van der Waals surface area contributed by atoms with Gasteiger partial charge in [0.15, 0.2) is 5.82 Å². The Kier molecular flexibility index (Phi) is 6.10. The van der Waals surface area contributed by atoms with Crippen LogP contribution in [0.4, 0.5) is 5.69 Å². The van der Waals surface area contributed by atoms with Gasteiger partial charge < -0.3 is 24.0 Å². The molecule has 0 aliphatic carbocycles. The number of fused-ring (bicyclic) bond motifs is 3. The molecule has 0 atom stereocenters. The lowest BCUT2D eigenvalue weighted by Crippen LogP contribution is -2.44. The third-order valence-electron chi connectivity index (χ3n) is 7.26. The zero-order valence-corrected chi connectivity index (χ0v) is 20.6. The molecule has 8 heteroatoms. The van der Waals surface area contributed by atoms with Crippen molar-refractivity contribution in [1.29, 1.82) is 0 Å². The van der Waals surface area contributed by atoms with E-state index in [2.05, 4.69) is 68.9 Å². The highest BCUT2D eigenvalue weighted by Crippen LogP contribution is 2.39. The number of benzene rings is 2. The molecular formula is C27H33N5O3. The Morgan fingerprint density at radius 3 is 2.60 bits per heavy atom. The number of hydrogen-bond donors (Lipinski definition) is 0. The highest BCUT2D eigenvalue weighted by molar-refractivity contribution is 5.76. The maximum absolute atomic E-state index is 6.15. The summed E-state index contributed by atoms with van der Waals surface area (Å²) in [6, 6.07) is 12.9. The Bertz CT molecular complexity index is 1200. The molecule has 0 N–H and O–H groups in total. The van der Waals surface area contributed by atoms with Gasteiger partial charge in [-0.3, -0.25) is 9.47 Å². The van der Waals surface area contributed by atoms with Crippen LogP contribution in [0.3, 0.4) is 0 Å². The SMILES string of the molecule is COc1cc(N2CCN(C)CC2)ccc1-c1ccc2c(c1)OCc1nc(CN3CCOCC3)cn1-2. The van der Waals surface area contributed by atoms with E-state index in [4.69, 9.17) is 19.2 Å². The molecule has 2 saturated heterocycles. The van der Waals surface area contributed by atoms with Crippen LogP contribution >= 0.6 is 0 Å². The number of nitrogens with zero attached hydrogens (tertiary/aromatic N) is 5. The van der Waals surface area contributed by atoms with E-state index >= 15 is 0 Å². The molecule has 3 aliphatic heterocycles. The van der Waals surface area contributed by atoms with Crippen LogP contribution < -0.4 is 14.4 Å². The second kappa shape index (κ2) is 9.53. The third-order valence-corrected chi connectivity index (χ3v) is 7.26. The zero-order valence-electron chi connectivity index (χ0n) is 20.6. The van der Waals surface area contributed by atoms with Crippen LogP contribution in [-0.4, -0.2) is 86.0 Å². The van der Waals surface area contributed by atoms with Crippen LogP contribution in [-0.2, 0) is 17.9 Å². The number of imidazole rings is 1. The number of morpholine rings is 1.